The van der Waals surface area contributed by atoms with Crippen molar-refractivity contribution in [2.75, 3.05) is 6.54 Å². The first kappa shape index (κ1) is 11.7. The minimum atomic E-state index is -0.882. The van der Waals surface area contributed by atoms with Gasteiger partial charge in [0.1, 0.15) is 0 Å². The zero-order chi connectivity index (χ0) is 12.6. The van der Waals surface area contributed by atoms with Crippen LogP contribution in [0.3, 0.4) is 0 Å². The SMILES string of the molecule is Cc1cc(C(=O)O)c(C)c2c(CCN)c[nH]c12. The lowest BCUT2D eigenvalue weighted by Crippen LogP contribution is -2.04. The summed E-state index contributed by atoms with van der Waals surface area (Å²) >= 11 is 0. The number of benzene rings is 1. The number of nitrogens with two attached hydrogens (primary N) is 1. The van der Waals surface area contributed by atoms with Crippen molar-refractivity contribution in [2.45, 2.75) is 20.3 Å². The minimum absolute atomic E-state index is 0.368. The van der Waals surface area contributed by atoms with E-state index < -0.39 is 5.97 Å². The summed E-state index contributed by atoms with van der Waals surface area (Å²) in [4.78, 5) is 14.4. The highest BCUT2D eigenvalue weighted by atomic mass is 16.4. The molecule has 0 saturated carbocycles. The molecule has 0 amide bonds. The number of carboxylic acids is 1. The molecule has 2 rings (SSSR count). The van der Waals surface area contributed by atoms with Crippen molar-refractivity contribution in [3.8, 4) is 0 Å². The van der Waals surface area contributed by atoms with Crippen LogP contribution in [0.4, 0.5) is 0 Å². The Bertz CT molecular complexity index is 585. The molecule has 0 aliphatic carbocycles. The smallest absolute Gasteiger partial charge is 0.335 e. The van der Waals surface area contributed by atoms with Crippen LogP contribution in [0.5, 0.6) is 0 Å². The molecule has 0 aliphatic heterocycles. The largest absolute Gasteiger partial charge is 0.478 e. The average Bonchev–Trinajstić information content (AvgIpc) is 2.68. The topological polar surface area (TPSA) is 79.1 Å². The van der Waals surface area contributed by atoms with Gasteiger partial charge < -0.3 is 15.8 Å². The summed E-state index contributed by atoms with van der Waals surface area (Å²) in [5.74, 6) is -0.882. The Morgan fingerprint density at radius 2 is 2.18 bits per heavy atom. The fourth-order valence-electron chi connectivity index (χ4n) is 2.31. The molecule has 2 aromatic rings. The van der Waals surface area contributed by atoms with Crippen LogP contribution in [0.25, 0.3) is 10.9 Å². The van der Waals surface area contributed by atoms with E-state index in [1.807, 2.05) is 20.0 Å². The maximum Gasteiger partial charge on any atom is 0.335 e. The van der Waals surface area contributed by atoms with Gasteiger partial charge in [0.25, 0.3) is 0 Å². The second-order valence-electron chi connectivity index (χ2n) is 4.27. The second kappa shape index (κ2) is 4.22. The van der Waals surface area contributed by atoms with Gasteiger partial charge in [0, 0.05) is 17.1 Å². The van der Waals surface area contributed by atoms with Gasteiger partial charge in [0.15, 0.2) is 0 Å². The molecule has 1 aromatic carbocycles. The van der Waals surface area contributed by atoms with Gasteiger partial charge in [0.05, 0.1) is 5.56 Å². The molecule has 0 bridgehead atoms. The zero-order valence-corrected chi connectivity index (χ0v) is 10.0. The van der Waals surface area contributed by atoms with E-state index in [-0.39, 0.29) is 0 Å². The highest BCUT2D eigenvalue weighted by molar-refractivity contribution is 5.99. The number of hydrogen-bond donors (Lipinski definition) is 3. The molecule has 0 saturated heterocycles. The Labute approximate surface area is 99.4 Å². The van der Waals surface area contributed by atoms with Crippen molar-refractivity contribution in [1.29, 1.82) is 0 Å². The van der Waals surface area contributed by atoms with Crippen LogP contribution >= 0.6 is 0 Å². The van der Waals surface area contributed by atoms with Crippen LogP contribution in [-0.4, -0.2) is 22.6 Å². The molecule has 1 heterocycles. The Balaban J connectivity index is 2.79. The fraction of sp³-hybridized carbons (Fsp3) is 0.308. The average molecular weight is 232 g/mol. The van der Waals surface area contributed by atoms with Crippen LogP contribution in [0, 0.1) is 13.8 Å². The summed E-state index contributed by atoms with van der Waals surface area (Å²) in [5, 5.41) is 10.2. The number of aromatic nitrogens is 1. The summed E-state index contributed by atoms with van der Waals surface area (Å²) in [5.41, 5.74) is 9.79. The predicted molar refractivity (Wildman–Crippen MR) is 67.5 cm³/mol. The lowest BCUT2D eigenvalue weighted by molar-refractivity contribution is 0.0696. The third-order valence-corrected chi connectivity index (χ3v) is 3.14. The standard InChI is InChI=1S/C13H16N2O2/c1-7-5-10(13(16)17)8(2)11-9(3-4-14)6-15-12(7)11/h5-6,15H,3-4,14H2,1-2H3,(H,16,17). The van der Waals surface area contributed by atoms with Gasteiger partial charge in [-0.1, -0.05) is 0 Å². The van der Waals surface area contributed by atoms with Crippen molar-refractivity contribution in [2.24, 2.45) is 5.73 Å². The molecular formula is C13H16N2O2. The molecule has 4 N–H and O–H groups in total. The van der Waals surface area contributed by atoms with Crippen molar-refractivity contribution in [3.63, 3.8) is 0 Å². The van der Waals surface area contributed by atoms with Crippen LogP contribution in [0.15, 0.2) is 12.3 Å². The lowest BCUT2D eigenvalue weighted by atomic mass is 9.97. The first-order chi connectivity index (χ1) is 8.06. The number of fused-ring (bicyclic) bond motifs is 1. The quantitative estimate of drug-likeness (QED) is 0.757. The van der Waals surface area contributed by atoms with E-state index in [9.17, 15) is 9.90 Å². The van der Waals surface area contributed by atoms with Gasteiger partial charge in [-0.3, -0.25) is 0 Å². The van der Waals surface area contributed by atoms with E-state index in [4.69, 9.17) is 5.73 Å². The molecule has 0 atom stereocenters. The molecule has 0 spiro atoms. The van der Waals surface area contributed by atoms with Gasteiger partial charge in [-0.05, 0) is 49.6 Å². The maximum absolute atomic E-state index is 11.2. The predicted octanol–water partition coefficient (Wildman–Crippen LogP) is 1.98. The first-order valence-electron chi connectivity index (χ1n) is 5.59. The van der Waals surface area contributed by atoms with Gasteiger partial charge in [-0.15, -0.1) is 0 Å². The number of carbonyl (C=O) groups is 1. The molecule has 4 heteroatoms. The van der Waals surface area contributed by atoms with Crippen LogP contribution in [-0.2, 0) is 6.42 Å². The van der Waals surface area contributed by atoms with Crippen LogP contribution in [0.2, 0.25) is 0 Å². The highest BCUT2D eigenvalue weighted by Gasteiger charge is 2.15. The van der Waals surface area contributed by atoms with Crippen molar-refractivity contribution in [1.82, 2.24) is 4.98 Å². The van der Waals surface area contributed by atoms with Gasteiger partial charge in [-0.25, -0.2) is 4.79 Å². The van der Waals surface area contributed by atoms with E-state index in [2.05, 4.69) is 4.98 Å². The van der Waals surface area contributed by atoms with Crippen molar-refractivity contribution >= 4 is 16.9 Å². The normalized spacial score (nSPS) is 11.0. The number of aryl methyl sites for hydroxylation is 2. The summed E-state index contributed by atoms with van der Waals surface area (Å²) in [6.45, 7) is 4.32. The summed E-state index contributed by atoms with van der Waals surface area (Å²) in [6.07, 6.45) is 2.67. The number of carboxylic acid groups (broad SMARTS) is 1. The van der Waals surface area contributed by atoms with E-state index >= 15 is 0 Å². The van der Waals surface area contributed by atoms with Crippen molar-refractivity contribution in [3.05, 3.63) is 34.5 Å². The zero-order valence-electron chi connectivity index (χ0n) is 10.0. The number of rotatable bonds is 3. The van der Waals surface area contributed by atoms with Gasteiger partial charge >= 0.3 is 5.97 Å². The summed E-state index contributed by atoms with van der Waals surface area (Å²) in [6, 6.07) is 1.71. The second-order valence-corrected chi connectivity index (χ2v) is 4.27. The molecule has 90 valence electrons. The monoisotopic (exact) mass is 232 g/mol. The molecule has 0 unspecified atom stereocenters. The van der Waals surface area contributed by atoms with E-state index in [0.29, 0.717) is 12.1 Å². The summed E-state index contributed by atoms with van der Waals surface area (Å²) in [7, 11) is 0. The number of aromatic amines is 1. The Morgan fingerprint density at radius 3 is 2.76 bits per heavy atom. The van der Waals surface area contributed by atoms with Crippen molar-refractivity contribution < 1.29 is 9.90 Å². The Morgan fingerprint density at radius 1 is 1.47 bits per heavy atom. The van der Waals surface area contributed by atoms with Crippen LogP contribution < -0.4 is 5.73 Å². The molecule has 0 fully saturated rings. The summed E-state index contributed by atoms with van der Waals surface area (Å²) < 4.78 is 0. The van der Waals surface area contributed by atoms with Crippen LogP contribution in [0.1, 0.15) is 27.0 Å². The molecule has 0 radical (unpaired) electrons. The minimum Gasteiger partial charge on any atom is -0.478 e. The Hall–Kier alpha value is -1.81. The first-order valence-corrected chi connectivity index (χ1v) is 5.59. The lowest BCUT2D eigenvalue weighted by Gasteiger charge is -2.07. The third kappa shape index (κ3) is 1.80. The molecular weight excluding hydrogens is 216 g/mol. The number of nitrogens with one attached hydrogen (secondary N) is 1. The fourth-order valence-corrected chi connectivity index (χ4v) is 2.31. The maximum atomic E-state index is 11.2. The molecule has 4 nitrogen and oxygen atoms in total. The van der Waals surface area contributed by atoms with E-state index in [1.165, 1.54) is 0 Å². The van der Waals surface area contributed by atoms with E-state index in [0.717, 1.165) is 34.0 Å². The molecule has 0 aliphatic rings. The number of hydrogen-bond acceptors (Lipinski definition) is 2. The third-order valence-electron chi connectivity index (χ3n) is 3.14. The molecule has 17 heavy (non-hydrogen) atoms. The highest BCUT2D eigenvalue weighted by Crippen LogP contribution is 2.28. The van der Waals surface area contributed by atoms with Gasteiger partial charge in [-0.2, -0.15) is 0 Å². The van der Waals surface area contributed by atoms with E-state index in [1.54, 1.807) is 6.07 Å². The molecule has 1 aromatic heterocycles. The van der Waals surface area contributed by atoms with Gasteiger partial charge in [0.2, 0.25) is 0 Å². The Kier molecular flexibility index (Phi) is 2.90. The number of H-pyrrole nitrogens is 1. The number of aromatic carboxylic acids is 1.